The number of benzene rings is 3. The van der Waals surface area contributed by atoms with E-state index in [1.807, 2.05) is 92.0 Å². The minimum absolute atomic E-state index is 0.0222. The zero-order valence-corrected chi connectivity index (χ0v) is 45.8. The fourth-order valence-corrected chi connectivity index (χ4v) is 12.9. The van der Waals surface area contributed by atoms with Crippen molar-refractivity contribution in [1.82, 2.24) is 29.5 Å². The molecule has 2 unspecified atom stereocenters. The first-order valence-electron chi connectivity index (χ1n) is 24.0. The second-order valence-corrected chi connectivity index (χ2v) is 27.8. The normalized spacial score (nSPS) is 22.5. The van der Waals surface area contributed by atoms with Crippen LogP contribution >= 0.6 is 15.0 Å². The van der Waals surface area contributed by atoms with E-state index in [0.29, 0.717) is 30.2 Å². The van der Waals surface area contributed by atoms with Crippen LogP contribution in [-0.2, 0) is 54.0 Å². The smallest absolute Gasteiger partial charge is 0.327 e. The number of hydrogen-bond donors (Lipinski definition) is 2. The third-order valence-electron chi connectivity index (χ3n) is 13.6. The number of aromatic amines is 1. The summed E-state index contributed by atoms with van der Waals surface area (Å²) in [6.45, 7) is 6.04. The van der Waals surface area contributed by atoms with E-state index in [4.69, 9.17) is 58.0 Å². The Bertz CT molecular complexity index is 2940. The van der Waals surface area contributed by atoms with Gasteiger partial charge in [-0.15, -0.1) is 0 Å². The number of aromatic nitrogens is 6. The fourth-order valence-electron chi connectivity index (χ4n) is 8.91. The lowest BCUT2D eigenvalue weighted by atomic mass is 9.80. The second-order valence-electron chi connectivity index (χ2n) is 19.3. The number of fused-ring (bicyclic) bond motifs is 1. The molecule has 3 aromatic carbocycles. The number of imidazole rings is 1. The minimum Gasteiger partial charge on any atom is -0.497 e. The third kappa shape index (κ3) is 12.4. The van der Waals surface area contributed by atoms with Crippen LogP contribution in [-0.4, -0.2) is 107 Å². The molecule has 74 heavy (non-hydrogen) atoms. The van der Waals surface area contributed by atoms with Gasteiger partial charge in [-0.25, -0.2) is 19.9 Å². The van der Waals surface area contributed by atoms with Gasteiger partial charge in [0.05, 0.1) is 65.3 Å². The van der Waals surface area contributed by atoms with Gasteiger partial charge in [0.15, 0.2) is 25.7 Å². The average molecular weight is 1090 g/mol. The number of ether oxygens (including phenoxy) is 5. The summed E-state index contributed by atoms with van der Waals surface area (Å²) in [5, 5.41) is 9.33. The molecule has 1 saturated heterocycles. The summed E-state index contributed by atoms with van der Waals surface area (Å²) in [5.74, 6) is 1.32. The highest BCUT2D eigenvalue weighted by Gasteiger charge is 2.53. The van der Waals surface area contributed by atoms with Crippen molar-refractivity contribution < 1.29 is 55.7 Å². The molecule has 0 amide bonds. The van der Waals surface area contributed by atoms with Gasteiger partial charge < -0.3 is 51.6 Å². The standard InChI is InChI=1S/C50H61N7O13P2SSi/c1-49(2,3)74(6,7)70-44-41(67-48(45(44)68-71(59)60)57-32-56-43-46(57)54-31-55-47(43)58)29-65-72(73,64-25-11-23-51)69-40-27-39(66-42-22-24-52-30-53-42)26-33(40)28-63-50(34-12-9-8-10-13-34,35-14-18-37(61-4)19-15-35)36-16-20-38(62-5)21-17-36/h8-10,12-22,24,30-33,39-41,44-45,48,71H,11,25-29H2,1-7H3,(H,59,60)(H,54,55,58)/t33-,39-,40+,41-,44-,45-,48-,72?/m1/s1. The van der Waals surface area contributed by atoms with Crippen molar-refractivity contribution in [2.24, 2.45) is 5.92 Å². The first-order chi connectivity index (χ1) is 35.5. The van der Waals surface area contributed by atoms with E-state index >= 15 is 0 Å². The van der Waals surface area contributed by atoms with Crippen LogP contribution < -0.4 is 19.8 Å². The minimum atomic E-state index is -3.87. The first kappa shape index (κ1) is 55.0. The van der Waals surface area contributed by atoms with E-state index in [0.717, 1.165) is 16.7 Å². The lowest BCUT2D eigenvalue weighted by Crippen LogP contribution is -2.50. The summed E-state index contributed by atoms with van der Waals surface area (Å²) in [4.78, 5) is 42.6. The lowest BCUT2D eigenvalue weighted by molar-refractivity contribution is -0.0513. The Morgan fingerprint density at radius 3 is 2.20 bits per heavy atom. The summed E-state index contributed by atoms with van der Waals surface area (Å²) in [7, 11) is -3.11. The Hall–Kier alpha value is -5.24. The van der Waals surface area contributed by atoms with Gasteiger partial charge in [-0.1, -0.05) is 75.4 Å². The van der Waals surface area contributed by atoms with Crippen LogP contribution in [0.25, 0.3) is 11.2 Å². The molecule has 8 rings (SSSR count). The predicted octanol–water partition coefficient (Wildman–Crippen LogP) is 8.40. The van der Waals surface area contributed by atoms with Crippen LogP contribution in [0.1, 0.15) is 63.0 Å². The molecule has 1 saturated carbocycles. The number of methoxy groups -OCH3 is 2. The van der Waals surface area contributed by atoms with Crippen molar-refractivity contribution >= 4 is 46.3 Å². The number of hydrogen-bond acceptors (Lipinski definition) is 18. The highest BCUT2D eigenvalue weighted by atomic mass is 32.5. The fraction of sp³-hybridized carbons (Fsp3) is 0.440. The zero-order chi connectivity index (χ0) is 52.7. The van der Waals surface area contributed by atoms with Crippen LogP contribution in [0.5, 0.6) is 17.4 Å². The van der Waals surface area contributed by atoms with E-state index in [9.17, 15) is 19.5 Å². The molecule has 394 valence electrons. The molecule has 3 aromatic heterocycles. The topological polar surface area (TPSA) is 243 Å². The van der Waals surface area contributed by atoms with Gasteiger partial charge in [-0.3, -0.25) is 18.5 Å². The molecule has 4 heterocycles. The third-order valence-corrected chi connectivity index (χ3v) is 21.0. The molecule has 0 bridgehead atoms. The molecule has 2 aliphatic rings. The van der Waals surface area contributed by atoms with Gasteiger partial charge in [0.2, 0.25) is 5.88 Å². The van der Waals surface area contributed by atoms with Gasteiger partial charge in [0.1, 0.15) is 47.8 Å². The van der Waals surface area contributed by atoms with E-state index < -0.39 is 77.1 Å². The SMILES string of the molecule is COc1ccc(C(OC[C@H]2C[C@@H](Oc3ccncn3)C[C@@H]2OP(=S)(OCCC#N)OC[C@H]2O[C@@H](n3cnc4c(=O)[nH]cnc43)[C@H](O[PH](=O)O)[C@@H]2O[Si](C)(C)C(C)(C)C)(c2ccccc2)c2ccc(OC)cc2)cc1. The molecule has 6 aromatic rings. The molecular weight excluding hydrogens is 1030 g/mol. The van der Waals surface area contributed by atoms with E-state index in [-0.39, 0.29) is 42.4 Å². The van der Waals surface area contributed by atoms with Crippen LogP contribution in [0.3, 0.4) is 0 Å². The lowest BCUT2D eigenvalue weighted by Gasteiger charge is -2.40. The molecule has 1 aliphatic carbocycles. The first-order valence-corrected chi connectivity index (χ1v) is 30.7. The molecule has 24 heteroatoms. The second kappa shape index (κ2) is 23.7. The summed E-state index contributed by atoms with van der Waals surface area (Å²) in [5.41, 5.74) is 1.02. The number of nitrogens with one attached hydrogen (secondary N) is 1. The molecule has 0 radical (unpaired) electrons. The molecule has 20 nitrogen and oxygen atoms in total. The summed E-state index contributed by atoms with van der Waals surface area (Å²) in [6.07, 6.45) is 0.719. The summed E-state index contributed by atoms with van der Waals surface area (Å²) < 4.78 is 78.5. The Balaban J connectivity index is 1.15. The zero-order valence-electron chi connectivity index (χ0n) is 42.1. The summed E-state index contributed by atoms with van der Waals surface area (Å²) >= 11 is 6.28. The number of nitrogens with zero attached hydrogens (tertiary/aromatic N) is 6. The molecule has 0 spiro atoms. The van der Waals surface area contributed by atoms with Gasteiger partial charge in [-0.05, 0) is 77.3 Å². The average Bonchev–Trinajstić information content (AvgIpc) is 4.09. The largest absolute Gasteiger partial charge is 0.497 e. The Morgan fingerprint density at radius 1 is 0.919 bits per heavy atom. The Kier molecular flexibility index (Phi) is 17.7. The molecule has 9 atom stereocenters. The van der Waals surface area contributed by atoms with Crippen LogP contribution in [0.2, 0.25) is 18.1 Å². The van der Waals surface area contributed by atoms with Crippen molar-refractivity contribution in [2.45, 2.75) is 101 Å². The highest BCUT2D eigenvalue weighted by Crippen LogP contribution is 2.56. The maximum atomic E-state index is 12.8. The summed E-state index contributed by atoms with van der Waals surface area (Å²) in [6, 6.07) is 29.2. The van der Waals surface area contributed by atoms with Gasteiger partial charge in [-0.2, -0.15) is 5.26 Å². The predicted molar refractivity (Wildman–Crippen MR) is 279 cm³/mol. The van der Waals surface area contributed by atoms with Gasteiger partial charge >= 0.3 is 15.0 Å². The number of nitriles is 1. The van der Waals surface area contributed by atoms with Crippen LogP contribution in [0, 0.1) is 17.2 Å². The van der Waals surface area contributed by atoms with E-state index in [2.05, 4.69) is 51.8 Å². The van der Waals surface area contributed by atoms with Gasteiger partial charge in [0, 0.05) is 24.6 Å². The van der Waals surface area contributed by atoms with Crippen molar-refractivity contribution in [3.63, 3.8) is 0 Å². The van der Waals surface area contributed by atoms with E-state index in [1.54, 1.807) is 26.5 Å². The molecule has 2 fully saturated rings. The van der Waals surface area contributed by atoms with Crippen molar-refractivity contribution in [3.8, 4) is 23.4 Å². The van der Waals surface area contributed by atoms with Crippen LogP contribution in [0.15, 0.2) is 115 Å². The monoisotopic (exact) mass is 1090 g/mol. The number of H-pyrrole nitrogens is 1. The quantitative estimate of drug-likeness (QED) is 0.0265. The van der Waals surface area contributed by atoms with E-state index in [1.165, 1.54) is 23.5 Å². The van der Waals surface area contributed by atoms with Gasteiger partial charge in [0.25, 0.3) is 5.56 Å². The van der Waals surface area contributed by atoms with Crippen molar-refractivity contribution in [3.05, 3.63) is 137 Å². The van der Waals surface area contributed by atoms with Crippen LogP contribution in [0.4, 0.5) is 0 Å². The molecular formula is C50H61N7O13P2SSi. The molecule has 1 aliphatic heterocycles. The highest BCUT2D eigenvalue weighted by molar-refractivity contribution is 8.07. The maximum Gasteiger partial charge on any atom is 0.327 e. The Morgan fingerprint density at radius 2 is 1.59 bits per heavy atom. The number of rotatable bonds is 23. The van der Waals surface area contributed by atoms with Crippen molar-refractivity contribution in [2.75, 3.05) is 34.0 Å². The Labute approximate surface area is 435 Å². The van der Waals surface area contributed by atoms with Crippen molar-refractivity contribution in [1.29, 1.82) is 5.26 Å². The molecule has 2 N–H and O–H groups in total. The maximum absolute atomic E-state index is 12.8.